The van der Waals surface area contributed by atoms with Gasteiger partial charge in [0.15, 0.2) is 5.78 Å². The van der Waals surface area contributed by atoms with Crippen molar-refractivity contribution in [2.45, 2.75) is 13.8 Å². The number of Topliss-reactive ketones (excluding diaryl/α,β-unsaturated/α-hetero) is 1. The van der Waals surface area contributed by atoms with Gasteiger partial charge in [0.1, 0.15) is 0 Å². The molecule has 11 heavy (non-hydrogen) atoms. The van der Waals surface area contributed by atoms with Gasteiger partial charge in [0.2, 0.25) is 0 Å². The van der Waals surface area contributed by atoms with E-state index in [1.165, 1.54) is 13.1 Å². The number of rotatable bonds is 3. The quantitative estimate of drug-likeness (QED) is 0.526. The molecule has 0 aliphatic heterocycles. The maximum Gasteiger partial charge on any atom is 0.156 e. The molecule has 0 aliphatic rings. The van der Waals surface area contributed by atoms with E-state index >= 15 is 0 Å². The topological polar surface area (TPSA) is 29.4 Å². The Bertz CT molecular complexity index is 228. The molecule has 3 heteroatoms. The summed E-state index contributed by atoms with van der Waals surface area (Å²) in [6.07, 6.45) is 2.96. The minimum atomic E-state index is 0.0346. The zero-order chi connectivity index (χ0) is 8.85. The molecule has 60 valence electrons. The zero-order valence-electron chi connectivity index (χ0n) is 6.60. The normalized spacial score (nSPS) is 13.0. The van der Waals surface area contributed by atoms with Crippen molar-refractivity contribution in [2.24, 2.45) is 4.99 Å². The molecule has 0 spiro atoms. The minimum Gasteiger partial charge on any atom is -0.295 e. The van der Waals surface area contributed by atoms with Gasteiger partial charge >= 0.3 is 0 Å². The molecule has 0 aliphatic carbocycles. The van der Waals surface area contributed by atoms with E-state index in [1.54, 1.807) is 13.1 Å². The van der Waals surface area contributed by atoms with Crippen LogP contribution in [-0.2, 0) is 4.79 Å². The van der Waals surface area contributed by atoms with E-state index in [0.717, 1.165) is 0 Å². The lowest BCUT2D eigenvalue weighted by Crippen LogP contribution is -1.94. The lowest BCUT2D eigenvalue weighted by Gasteiger charge is -1.94. The lowest BCUT2D eigenvalue weighted by atomic mass is 10.2. The average Bonchev–Trinajstić information content (AvgIpc) is 1.98. The highest BCUT2D eigenvalue weighted by atomic mass is 79.9. The van der Waals surface area contributed by atoms with Crippen LogP contribution in [-0.4, -0.2) is 12.0 Å². The summed E-state index contributed by atoms with van der Waals surface area (Å²) in [7, 11) is 0. The summed E-state index contributed by atoms with van der Waals surface area (Å²) in [6, 6.07) is 0. The second-order valence-corrected chi connectivity index (χ2v) is 2.84. The maximum absolute atomic E-state index is 10.8. The fourth-order valence-electron chi connectivity index (χ4n) is 0.383. The smallest absolute Gasteiger partial charge is 0.156 e. The average molecular weight is 216 g/mol. The Labute approximate surface area is 74.8 Å². The molecule has 0 aromatic heterocycles. The summed E-state index contributed by atoms with van der Waals surface area (Å²) in [4.78, 5) is 14.5. The van der Waals surface area contributed by atoms with Gasteiger partial charge in [0.25, 0.3) is 0 Å². The van der Waals surface area contributed by atoms with Gasteiger partial charge in [0.05, 0.1) is 0 Å². The van der Waals surface area contributed by atoms with Crippen molar-refractivity contribution < 1.29 is 4.79 Å². The predicted octanol–water partition coefficient (Wildman–Crippen LogP) is 2.46. The molecule has 0 unspecified atom stereocenters. The molecule has 0 aromatic carbocycles. The third-order valence-electron chi connectivity index (χ3n) is 1.18. The van der Waals surface area contributed by atoms with Gasteiger partial charge in [-0.2, -0.15) is 0 Å². The molecular formula is C8H10BrNO. The fourth-order valence-corrected chi connectivity index (χ4v) is 0.781. The van der Waals surface area contributed by atoms with Gasteiger partial charge in [-0.3, -0.25) is 9.79 Å². The Balaban J connectivity index is 4.52. The number of carbonyl (C=O) groups excluding carboxylic acids is 1. The second-order valence-electron chi connectivity index (χ2n) is 1.99. The molecule has 0 N–H and O–H groups in total. The van der Waals surface area contributed by atoms with Gasteiger partial charge in [-0.15, -0.1) is 0 Å². The molecule has 0 atom stereocenters. The third kappa shape index (κ3) is 3.88. The first-order valence-corrected chi connectivity index (χ1v) is 3.90. The maximum atomic E-state index is 10.8. The number of aliphatic imine (C=N–C) groups is 1. The molecular weight excluding hydrogens is 206 g/mol. The van der Waals surface area contributed by atoms with Crippen LogP contribution in [0.5, 0.6) is 0 Å². The summed E-state index contributed by atoms with van der Waals surface area (Å²) in [6.45, 7) is 6.66. The Morgan fingerprint density at radius 1 is 1.55 bits per heavy atom. The van der Waals surface area contributed by atoms with Crippen molar-refractivity contribution in [3.05, 3.63) is 22.8 Å². The van der Waals surface area contributed by atoms with Gasteiger partial charge in [-0.05, 0) is 29.8 Å². The van der Waals surface area contributed by atoms with E-state index in [4.69, 9.17) is 0 Å². The second kappa shape index (κ2) is 5.02. The van der Waals surface area contributed by atoms with E-state index in [9.17, 15) is 4.79 Å². The van der Waals surface area contributed by atoms with Crippen LogP contribution in [0, 0.1) is 0 Å². The number of hydrogen-bond acceptors (Lipinski definition) is 2. The zero-order valence-corrected chi connectivity index (χ0v) is 8.18. The van der Waals surface area contributed by atoms with Crippen LogP contribution in [0.2, 0.25) is 0 Å². The van der Waals surface area contributed by atoms with Crippen molar-refractivity contribution in [3.63, 3.8) is 0 Å². The molecule has 0 heterocycles. The molecule has 0 aromatic rings. The first-order chi connectivity index (χ1) is 5.09. The first-order valence-electron chi connectivity index (χ1n) is 3.11. The van der Waals surface area contributed by atoms with Crippen LogP contribution in [0.15, 0.2) is 27.8 Å². The van der Waals surface area contributed by atoms with Crippen molar-refractivity contribution in [1.29, 1.82) is 0 Å². The molecule has 0 saturated heterocycles. The molecule has 0 rings (SSSR count). The summed E-state index contributed by atoms with van der Waals surface area (Å²) >= 11 is 3.21. The number of halogens is 1. The Kier molecular flexibility index (Phi) is 4.70. The van der Waals surface area contributed by atoms with Crippen LogP contribution in [0.4, 0.5) is 0 Å². The molecule has 0 amide bonds. The molecule has 0 saturated carbocycles. The number of carbonyl (C=O) groups is 1. The third-order valence-corrected chi connectivity index (χ3v) is 1.98. The Hall–Kier alpha value is -0.700. The van der Waals surface area contributed by atoms with Gasteiger partial charge in [-0.1, -0.05) is 6.58 Å². The standard InChI is InChI=1S/C8H10BrNO/c1-4-10-5-8(9)6(2)7(3)11/h4-5H,1H2,2-3H3/b8-6-,10-5?. The van der Waals surface area contributed by atoms with Crippen molar-refractivity contribution >= 4 is 27.9 Å². The number of hydrogen-bond donors (Lipinski definition) is 0. The summed E-state index contributed by atoms with van der Waals surface area (Å²) in [5, 5.41) is 0. The molecule has 0 radical (unpaired) electrons. The van der Waals surface area contributed by atoms with E-state index < -0.39 is 0 Å². The van der Waals surface area contributed by atoms with Gasteiger partial charge < -0.3 is 0 Å². The first kappa shape index (κ1) is 10.3. The molecule has 0 bridgehead atoms. The van der Waals surface area contributed by atoms with Crippen LogP contribution in [0.25, 0.3) is 0 Å². The SMILES string of the molecule is C=CN=C/C(Br)=C(\C)C(C)=O. The molecule has 2 nitrogen and oxygen atoms in total. The van der Waals surface area contributed by atoms with E-state index in [2.05, 4.69) is 27.5 Å². The van der Waals surface area contributed by atoms with E-state index in [-0.39, 0.29) is 5.78 Å². The predicted molar refractivity (Wildman–Crippen MR) is 51.0 cm³/mol. The van der Waals surface area contributed by atoms with Crippen LogP contribution in [0.1, 0.15) is 13.8 Å². The largest absolute Gasteiger partial charge is 0.295 e. The minimum absolute atomic E-state index is 0.0346. The number of nitrogens with zero attached hydrogens (tertiary/aromatic N) is 1. The van der Waals surface area contributed by atoms with E-state index in [0.29, 0.717) is 10.1 Å². The number of ketones is 1. The number of allylic oxidation sites excluding steroid dienone is 2. The lowest BCUT2D eigenvalue weighted by molar-refractivity contribution is -0.113. The van der Waals surface area contributed by atoms with Gasteiger partial charge in [-0.25, -0.2) is 0 Å². The van der Waals surface area contributed by atoms with Crippen LogP contribution >= 0.6 is 15.9 Å². The highest BCUT2D eigenvalue weighted by molar-refractivity contribution is 9.12. The van der Waals surface area contributed by atoms with E-state index in [1.807, 2.05) is 0 Å². The van der Waals surface area contributed by atoms with Crippen molar-refractivity contribution in [1.82, 2.24) is 0 Å². The van der Waals surface area contributed by atoms with Crippen LogP contribution in [0.3, 0.4) is 0 Å². The highest BCUT2D eigenvalue weighted by Crippen LogP contribution is 2.09. The van der Waals surface area contributed by atoms with Gasteiger partial charge in [0, 0.05) is 22.5 Å². The van der Waals surface area contributed by atoms with Crippen molar-refractivity contribution in [2.75, 3.05) is 0 Å². The Morgan fingerprint density at radius 2 is 2.09 bits per heavy atom. The monoisotopic (exact) mass is 215 g/mol. The Morgan fingerprint density at radius 3 is 2.45 bits per heavy atom. The highest BCUT2D eigenvalue weighted by Gasteiger charge is 1.99. The van der Waals surface area contributed by atoms with Crippen molar-refractivity contribution in [3.8, 4) is 0 Å². The summed E-state index contributed by atoms with van der Waals surface area (Å²) in [5.74, 6) is 0.0346. The fraction of sp³-hybridized carbons (Fsp3) is 0.250. The molecule has 0 fully saturated rings. The van der Waals surface area contributed by atoms with Crippen LogP contribution < -0.4 is 0 Å². The summed E-state index contributed by atoms with van der Waals surface area (Å²) < 4.78 is 0.699. The summed E-state index contributed by atoms with van der Waals surface area (Å²) in [5.41, 5.74) is 0.663.